The van der Waals surface area contributed by atoms with Crippen LogP contribution in [-0.4, -0.2) is 34.3 Å². The van der Waals surface area contributed by atoms with Crippen LogP contribution in [0.2, 0.25) is 0 Å². The van der Waals surface area contributed by atoms with Gasteiger partial charge in [-0.15, -0.1) is 0 Å². The molecule has 7 heteroatoms. The average Bonchev–Trinajstić information content (AvgIpc) is 2.60. The number of nitrogens with zero attached hydrogens (tertiary/aromatic N) is 1. The highest BCUT2D eigenvalue weighted by Gasteiger charge is 2.25. The lowest BCUT2D eigenvalue weighted by atomic mass is 10.2. The minimum absolute atomic E-state index is 0.0228. The molecule has 0 unspecified atom stereocenters. The molecule has 0 bridgehead atoms. The molecule has 0 aliphatic carbocycles. The number of carbonyl (C=O) groups is 2. The molecule has 24 heavy (non-hydrogen) atoms. The highest BCUT2D eigenvalue weighted by atomic mass is 32.2. The van der Waals surface area contributed by atoms with E-state index in [2.05, 4.69) is 4.74 Å². The summed E-state index contributed by atoms with van der Waals surface area (Å²) in [6.07, 6.45) is 0. The van der Waals surface area contributed by atoms with Gasteiger partial charge in [0.2, 0.25) is 0 Å². The van der Waals surface area contributed by atoms with E-state index in [1.165, 1.54) is 57.5 Å². The summed E-state index contributed by atoms with van der Waals surface area (Å²) in [5.74, 6) is -0.775. The second kappa shape index (κ2) is 6.84. The van der Waals surface area contributed by atoms with E-state index in [0.717, 1.165) is 4.31 Å². The van der Waals surface area contributed by atoms with E-state index < -0.39 is 16.0 Å². The van der Waals surface area contributed by atoms with Crippen molar-refractivity contribution in [1.29, 1.82) is 0 Å². The minimum Gasteiger partial charge on any atom is -0.465 e. The van der Waals surface area contributed by atoms with Crippen molar-refractivity contribution in [3.05, 3.63) is 59.7 Å². The van der Waals surface area contributed by atoms with Crippen LogP contribution in [0.3, 0.4) is 0 Å². The summed E-state index contributed by atoms with van der Waals surface area (Å²) in [5, 5.41) is 0. The third-order valence-corrected chi connectivity index (χ3v) is 5.35. The van der Waals surface area contributed by atoms with Crippen LogP contribution in [-0.2, 0) is 14.8 Å². The Balaban J connectivity index is 2.47. The Hall–Kier alpha value is -2.67. The summed E-state index contributed by atoms with van der Waals surface area (Å²) in [6.45, 7) is 1.40. The lowest BCUT2D eigenvalue weighted by Crippen LogP contribution is -2.28. The maximum atomic E-state index is 12.8. The molecule has 126 valence electrons. The van der Waals surface area contributed by atoms with Crippen molar-refractivity contribution >= 4 is 27.5 Å². The fraction of sp³-hybridized carbons (Fsp3) is 0.176. The van der Waals surface area contributed by atoms with Gasteiger partial charge in [-0.1, -0.05) is 24.3 Å². The highest BCUT2D eigenvalue weighted by molar-refractivity contribution is 7.92. The smallest absolute Gasteiger partial charge is 0.340 e. The number of carbonyl (C=O) groups excluding carboxylic acids is 2. The van der Waals surface area contributed by atoms with Crippen molar-refractivity contribution in [2.24, 2.45) is 0 Å². The van der Waals surface area contributed by atoms with Gasteiger partial charge in [-0.3, -0.25) is 9.10 Å². The van der Waals surface area contributed by atoms with E-state index in [4.69, 9.17) is 0 Å². The Bertz CT molecular complexity index is 872. The standard InChI is InChI=1S/C17H17NO5S/c1-12(19)13-8-10-14(11-9-13)24(21,22)18(2)16-7-5-4-6-15(16)17(20)23-3/h4-11H,1-3H3. The zero-order valence-corrected chi connectivity index (χ0v) is 14.3. The topological polar surface area (TPSA) is 80.8 Å². The number of ether oxygens (including phenoxy) is 1. The van der Waals surface area contributed by atoms with Crippen molar-refractivity contribution in [2.45, 2.75) is 11.8 Å². The number of hydrogen-bond acceptors (Lipinski definition) is 5. The summed E-state index contributed by atoms with van der Waals surface area (Å²) < 4.78 is 31.2. The fourth-order valence-electron chi connectivity index (χ4n) is 2.18. The number of Topliss-reactive ketones (excluding diaryl/α,β-unsaturated/α-hetero) is 1. The molecule has 0 amide bonds. The van der Waals surface area contributed by atoms with Crippen LogP contribution in [0.4, 0.5) is 5.69 Å². The monoisotopic (exact) mass is 347 g/mol. The molecule has 0 heterocycles. The van der Waals surface area contributed by atoms with E-state index >= 15 is 0 Å². The fourth-order valence-corrected chi connectivity index (χ4v) is 3.39. The van der Waals surface area contributed by atoms with Crippen LogP contribution in [0, 0.1) is 0 Å². The second-order valence-corrected chi connectivity index (χ2v) is 7.03. The zero-order chi connectivity index (χ0) is 17.9. The first kappa shape index (κ1) is 17.7. The molecule has 0 fully saturated rings. The van der Waals surface area contributed by atoms with Gasteiger partial charge < -0.3 is 4.74 Å². The van der Waals surface area contributed by atoms with Gasteiger partial charge in [-0.25, -0.2) is 13.2 Å². The van der Waals surface area contributed by atoms with E-state index in [-0.39, 0.29) is 21.9 Å². The zero-order valence-electron chi connectivity index (χ0n) is 13.5. The summed E-state index contributed by atoms with van der Waals surface area (Å²) in [6, 6.07) is 11.9. The van der Waals surface area contributed by atoms with Crippen molar-refractivity contribution in [3.63, 3.8) is 0 Å². The quantitative estimate of drug-likeness (QED) is 0.613. The van der Waals surface area contributed by atoms with Crippen molar-refractivity contribution < 1.29 is 22.7 Å². The molecule has 0 aliphatic rings. The third-order valence-electron chi connectivity index (χ3n) is 3.57. The van der Waals surface area contributed by atoms with Gasteiger partial charge >= 0.3 is 5.97 Å². The van der Waals surface area contributed by atoms with E-state index in [0.29, 0.717) is 5.56 Å². The van der Waals surface area contributed by atoms with E-state index in [9.17, 15) is 18.0 Å². The second-order valence-electron chi connectivity index (χ2n) is 5.06. The van der Waals surface area contributed by atoms with Gasteiger partial charge in [0, 0.05) is 12.6 Å². The highest BCUT2D eigenvalue weighted by Crippen LogP contribution is 2.26. The van der Waals surface area contributed by atoms with Crippen molar-refractivity contribution in [2.75, 3.05) is 18.5 Å². The molecule has 0 aliphatic heterocycles. The van der Waals surface area contributed by atoms with Crippen molar-refractivity contribution in [1.82, 2.24) is 0 Å². The summed E-state index contributed by atoms with van der Waals surface area (Å²) in [5.41, 5.74) is 0.776. The van der Waals surface area contributed by atoms with Crippen LogP contribution in [0.25, 0.3) is 0 Å². The number of ketones is 1. The Kier molecular flexibility index (Phi) is 5.04. The molecular formula is C17H17NO5S. The normalized spacial score (nSPS) is 11.0. The molecule has 0 saturated carbocycles. The molecule has 0 atom stereocenters. The maximum Gasteiger partial charge on any atom is 0.340 e. The lowest BCUT2D eigenvalue weighted by Gasteiger charge is -2.21. The molecular weight excluding hydrogens is 330 g/mol. The molecule has 0 saturated heterocycles. The van der Waals surface area contributed by atoms with Gasteiger partial charge in [0.05, 0.1) is 23.3 Å². The SMILES string of the molecule is COC(=O)c1ccccc1N(C)S(=O)(=O)c1ccc(C(C)=O)cc1. The molecule has 0 aromatic heterocycles. The van der Waals surface area contributed by atoms with Gasteiger partial charge in [0.25, 0.3) is 10.0 Å². The van der Waals surface area contributed by atoms with Gasteiger partial charge in [-0.05, 0) is 31.2 Å². The maximum absolute atomic E-state index is 12.8. The number of esters is 1. The van der Waals surface area contributed by atoms with Gasteiger partial charge in [0.1, 0.15) is 0 Å². The number of methoxy groups -OCH3 is 1. The number of benzene rings is 2. The minimum atomic E-state index is -3.88. The Morgan fingerprint density at radius 2 is 1.58 bits per heavy atom. The number of sulfonamides is 1. The molecule has 2 aromatic carbocycles. The lowest BCUT2D eigenvalue weighted by molar-refractivity contribution is 0.0601. The summed E-state index contributed by atoms with van der Waals surface area (Å²) in [4.78, 5) is 23.2. The molecule has 6 nitrogen and oxygen atoms in total. The molecule has 2 aromatic rings. The largest absolute Gasteiger partial charge is 0.465 e. The third kappa shape index (κ3) is 3.30. The Morgan fingerprint density at radius 1 is 1.00 bits per heavy atom. The number of hydrogen-bond donors (Lipinski definition) is 0. The summed E-state index contributed by atoms with van der Waals surface area (Å²) >= 11 is 0. The van der Waals surface area contributed by atoms with Crippen LogP contribution in [0.5, 0.6) is 0 Å². The van der Waals surface area contributed by atoms with Crippen LogP contribution in [0.1, 0.15) is 27.6 Å². The van der Waals surface area contributed by atoms with Crippen LogP contribution in [0.15, 0.2) is 53.4 Å². The molecule has 2 rings (SSSR count). The number of rotatable bonds is 5. The average molecular weight is 347 g/mol. The Labute approximate surface area is 140 Å². The van der Waals surface area contributed by atoms with Crippen molar-refractivity contribution in [3.8, 4) is 0 Å². The first-order chi connectivity index (χ1) is 11.3. The predicted octanol–water partition coefficient (Wildman–Crippen LogP) is 2.50. The number of para-hydroxylation sites is 1. The summed E-state index contributed by atoms with van der Waals surface area (Å²) in [7, 11) is -1.30. The van der Waals surface area contributed by atoms with Crippen LogP contribution >= 0.6 is 0 Å². The van der Waals surface area contributed by atoms with Gasteiger partial charge in [-0.2, -0.15) is 0 Å². The van der Waals surface area contributed by atoms with Crippen LogP contribution < -0.4 is 4.31 Å². The van der Waals surface area contributed by atoms with Gasteiger partial charge in [0.15, 0.2) is 5.78 Å². The van der Waals surface area contributed by atoms with E-state index in [1.807, 2.05) is 0 Å². The van der Waals surface area contributed by atoms with E-state index in [1.54, 1.807) is 12.1 Å². The number of anilines is 1. The first-order valence-electron chi connectivity index (χ1n) is 7.06. The first-order valence-corrected chi connectivity index (χ1v) is 8.50. The molecule has 0 radical (unpaired) electrons. The molecule has 0 spiro atoms. The predicted molar refractivity (Wildman–Crippen MR) is 89.8 cm³/mol. The Morgan fingerprint density at radius 3 is 2.12 bits per heavy atom. The molecule has 0 N–H and O–H groups in total.